The molecular formula is C13H15ClN2O. The molecule has 0 fully saturated rings. The first-order valence-electron chi connectivity index (χ1n) is 5.68. The fourth-order valence-electron chi connectivity index (χ4n) is 1.76. The average molecular weight is 251 g/mol. The maximum atomic E-state index is 11.8. The third-order valence-corrected chi connectivity index (χ3v) is 2.96. The summed E-state index contributed by atoms with van der Waals surface area (Å²) in [5.41, 5.74) is 1.88. The van der Waals surface area contributed by atoms with Crippen LogP contribution in [0.2, 0.25) is 5.02 Å². The lowest BCUT2D eigenvalue weighted by Crippen LogP contribution is -2.29. The zero-order valence-corrected chi connectivity index (χ0v) is 10.3. The van der Waals surface area contributed by atoms with Gasteiger partial charge in [0.1, 0.15) is 0 Å². The van der Waals surface area contributed by atoms with Gasteiger partial charge in [-0.1, -0.05) is 29.3 Å². The topological polar surface area (TPSA) is 41.1 Å². The molecule has 1 aliphatic rings. The molecule has 90 valence electrons. The molecule has 2 rings (SSSR count). The van der Waals surface area contributed by atoms with Gasteiger partial charge in [-0.05, 0) is 31.2 Å². The van der Waals surface area contributed by atoms with E-state index in [2.05, 4.69) is 16.7 Å². The molecular weight excluding hydrogens is 236 g/mol. The standard InChI is InChI=1S/C13H15ClN2O/c14-12-3-1-2-11(8-12)13(17)16-9-10-4-6-15-7-5-10/h1-4,8,15H,5-7,9H2,(H,16,17). The van der Waals surface area contributed by atoms with Crippen LogP contribution in [-0.4, -0.2) is 25.5 Å². The van der Waals surface area contributed by atoms with Crippen LogP contribution >= 0.6 is 11.6 Å². The Morgan fingerprint density at radius 1 is 1.47 bits per heavy atom. The number of amides is 1. The van der Waals surface area contributed by atoms with Crippen molar-refractivity contribution in [2.24, 2.45) is 0 Å². The average Bonchev–Trinajstić information content (AvgIpc) is 2.37. The van der Waals surface area contributed by atoms with E-state index in [0.717, 1.165) is 19.5 Å². The lowest BCUT2D eigenvalue weighted by Gasteiger charge is -2.14. The second-order valence-electron chi connectivity index (χ2n) is 4.01. The van der Waals surface area contributed by atoms with Gasteiger partial charge in [0.15, 0.2) is 0 Å². The van der Waals surface area contributed by atoms with E-state index in [1.807, 2.05) is 0 Å². The Bertz CT molecular complexity index is 443. The summed E-state index contributed by atoms with van der Waals surface area (Å²) in [6, 6.07) is 6.97. The van der Waals surface area contributed by atoms with Gasteiger partial charge in [-0.15, -0.1) is 0 Å². The quantitative estimate of drug-likeness (QED) is 0.806. The van der Waals surface area contributed by atoms with Crippen molar-refractivity contribution in [3.05, 3.63) is 46.5 Å². The molecule has 1 aromatic carbocycles. The van der Waals surface area contributed by atoms with Crippen molar-refractivity contribution in [3.63, 3.8) is 0 Å². The number of benzene rings is 1. The fraction of sp³-hybridized carbons (Fsp3) is 0.308. The monoisotopic (exact) mass is 250 g/mol. The van der Waals surface area contributed by atoms with E-state index >= 15 is 0 Å². The predicted molar refractivity (Wildman–Crippen MR) is 69.4 cm³/mol. The summed E-state index contributed by atoms with van der Waals surface area (Å²) in [7, 11) is 0. The summed E-state index contributed by atoms with van der Waals surface area (Å²) >= 11 is 5.84. The SMILES string of the molecule is O=C(NCC1=CCNCC1)c1cccc(Cl)c1. The molecule has 1 aliphatic heterocycles. The van der Waals surface area contributed by atoms with Gasteiger partial charge in [-0.2, -0.15) is 0 Å². The fourth-order valence-corrected chi connectivity index (χ4v) is 1.95. The lowest BCUT2D eigenvalue weighted by atomic mass is 10.1. The summed E-state index contributed by atoms with van der Waals surface area (Å²) in [6.07, 6.45) is 3.12. The molecule has 0 unspecified atom stereocenters. The molecule has 0 aliphatic carbocycles. The Kier molecular flexibility index (Phi) is 4.18. The van der Waals surface area contributed by atoms with Crippen molar-refractivity contribution in [1.82, 2.24) is 10.6 Å². The summed E-state index contributed by atoms with van der Waals surface area (Å²) in [5.74, 6) is -0.0769. The zero-order chi connectivity index (χ0) is 12.1. The summed E-state index contributed by atoms with van der Waals surface area (Å²) in [4.78, 5) is 11.8. The molecule has 1 heterocycles. The molecule has 0 bridgehead atoms. The van der Waals surface area contributed by atoms with Crippen LogP contribution in [0.5, 0.6) is 0 Å². The highest BCUT2D eigenvalue weighted by atomic mass is 35.5. The summed E-state index contributed by atoms with van der Waals surface area (Å²) in [6.45, 7) is 2.49. The van der Waals surface area contributed by atoms with E-state index in [9.17, 15) is 4.79 Å². The van der Waals surface area contributed by atoms with Crippen molar-refractivity contribution >= 4 is 17.5 Å². The molecule has 0 radical (unpaired) electrons. The van der Waals surface area contributed by atoms with Crippen molar-refractivity contribution in [2.45, 2.75) is 6.42 Å². The number of rotatable bonds is 3. The zero-order valence-electron chi connectivity index (χ0n) is 9.50. The van der Waals surface area contributed by atoms with Crippen LogP contribution in [0.15, 0.2) is 35.9 Å². The van der Waals surface area contributed by atoms with Crippen molar-refractivity contribution < 1.29 is 4.79 Å². The highest BCUT2D eigenvalue weighted by molar-refractivity contribution is 6.30. The molecule has 2 N–H and O–H groups in total. The highest BCUT2D eigenvalue weighted by Crippen LogP contribution is 2.10. The van der Waals surface area contributed by atoms with E-state index < -0.39 is 0 Å². The molecule has 0 saturated heterocycles. The third-order valence-electron chi connectivity index (χ3n) is 2.72. The van der Waals surface area contributed by atoms with E-state index in [0.29, 0.717) is 17.1 Å². The maximum Gasteiger partial charge on any atom is 0.251 e. The van der Waals surface area contributed by atoms with Gasteiger partial charge in [0.2, 0.25) is 0 Å². The molecule has 3 nitrogen and oxygen atoms in total. The van der Waals surface area contributed by atoms with Crippen molar-refractivity contribution in [1.29, 1.82) is 0 Å². The van der Waals surface area contributed by atoms with Gasteiger partial charge in [-0.25, -0.2) is 0 Å². The first-order chi connectivity index (χ1) is 8.25. The molecule has 0 spiro atoms. The first kappa shape index (κ1) is 12.1. The Labute approximate surface area is 106 Å². The van der Waals surface area contributed by atoms with Gasteiger partial charge in [0.05, 0.1) is 0 Å². The van der Waals surface area contributed by atoms with E-state index in [-0.39, 0.29) is 5.91 Å². The molecule has 1 aromatic rings. The van der Waals surface area contributed by atoms with E-state index in [1.165, 1.54) is 5.57 Å². The summed E-state index contributed by atoms with van der Waals surface area (Å²) in [5, 5.41) is 6.72. The number of hydrogen-bond acceptors (Lipinski definition) is 2. The van der Waals surface area contributed by atoms with Crippen LogP contribution in [0.25, 0.3) is 0 Å². The minimum absolute atomic E-state index is 0.0769. The van der Waals surface area contributed by atoms with Crippen molar-refractivity contribution in [2.75, 3.05) is 19.6 Å². The molecule has 17 heavy (non-hydrogen) atoms. The number of carbonyl (C=O) groups excluding carboxylic acids is 1. The van der Waals surface area contributed by atoms with Crippen LogP contribution in [0, 0.1) is 0 Å². The third kappa shape index (κ3) is 3.58. The van der Waals surface area contributed by atoms with Crippen LogP contribution in [-0.2, 0) is 0 Å². The second kappa shape index (κ2) is 5.84. The van der Waals surface area contributed by atoms with Gasteiger partial charge < -0.3 is 10.6 Å². The number of halogens is 1. The predicted octanol–water partition coefficient (Wildman–Crippen LogP) is 1.99. The van der Waals surface area contributed by atoms with Crippen LogP contribution in [0.4, 0.5) is 0 Å². The largest absolute Gasteiger partial charge is 0.348 e. The minimum Gasteiger partial charge on any atom is -0.348 e. The van der Waals surface area contributed by atoms with E-state index in [1.54, 1.807) is 24.3 Å². The van der Waals surface area contributed by atoms with E-state index in [4.69, 9.17) is 11.6 Å². The molecule has 4 heteroatoms. The first-order valence-corrected chi connectivity index (χ1v) is 6.06. The Morgan fingerprint density at radius 3 is 3.06 bits per heavy atom. The maximum absolute atomic E-state index is 11.8. The van der Waals surface area contributed by atoms with Crippen molar-refractivity contribution in [3.8, 4) is 0 Å². The molecule has 1 amide bonds. The lowest BCUT2D eigenvalue weighted by molar-refractivity contribution is 0.0956. The Hall–Kier alpha value is -1.32. The molecule has 0 atom stereocenters. The second-order valence-corrected chi connectivity index (χ2v) is 4.45. The number of nitrogens with one attached hydrogen (secondary N) is 2. The van der Waals surface area contributed by atoms with Gasteiger partial charge in [0.25, 0.3) is 5.91 Å². The van der Waals surface area contributed by atoms with Gasteiger partial charge in [-0.3, -0.25) is 4.79 Å². The number of carbonyl (C=O) groups is 1. The highest BCUT2D eigenvalue weighted by Gasteiger charge is 2.07. The minimum atomic E-state index is -0.0769. The molecule has 0 aromatic heterocycles. The van der Waals surface area contributed by atoms with Crippen LogP contribution in [0.3, 0.4) is 0 Å². The Morgan fingerprint density at radius 2 is 2.35 bits per heavy atom. The van der Waals surface area contributed by atoms with Crippen LogP contribution in [0.1, 0.15) is 16.8 Å². The smallest absolute Gasteiger partial charge is 0.251 e. The van der Waals surface area contributed by atoms with Gasteiger partial charge >= 0.3 is 0 Å². The Balaban J connectivity index is 1.91. The van der Waals surface area contributed by atoms with Gasteiger partial charge in [0, 0.05) is 23.7 Å². The van der Waals surface area contributed by atoms with Crippen LogP contribution < -0.4 is 10.6 Å². The number of hydrogen-bond donors (Lipinski definition) is 2. The normalized spacial score (nSPS) is 15.2. The molecule has 0 saturated carbocycles. The summed E-state index contributed by atoms with van der Waals surface area (Å²) < 4.78 is 0.